The van der Waals surface area contributed by atoms with E-state index < -0.39 is 5.97 Å². The molecule has 0 aliphatic heterocycles. The molecule has 2 aromatic rings. The first-order valence-corrected chi connectivity index (χ1v) is 9.22. The molecule has 0 unspecified atom stereocenters. The number of rotatable bonds is 7. The second-order valence-electron chi connectivity index (χ2n) is 5.75. The van der Waals surface area contributed by atoms with Gasteiger partial charge in [-0.05, 0) is 19.4 Å². The lowest BCUT2D eigenvalue weighted by Gasteiger charge is -2.14. The second-order valence-corrected chi connectivity index (χ2v) is 6.72. The van der Waals surface area contributed by atoms with Gasteiger partial charge >= 0.3 is 5.97 Å². The number of anilines is 2. The standard InChI is InChI=1S/C19H20N4O3S/c1-3-26-15(25)8-13(24)10-27-19-14(9-20)16(17(21)18(22)23-19)12-6-4-11(2)5-7-12/h4-7H,3,8,10,21H2,1-2H3,(H2,22,23). The van der Waals surface area contributed by atoms with Gasteiger partial charge in [-0.3, -0.25) is 9.59 Å². The van der Waals surface area contributed by atoms with E-state index in [2.05, 4.69) is 11.1 Å². The summed E-state index contributed by atoms with van der Waals surface area (Å²) in [4.78, 5) is 27.5. The number of nitrogens with two attached hydrogens (primary N) is 2. The maximum absolute atomic E-state index is 12.0. The fourth-order valence-electron chi connectivity index (χ4n) is 2.40. The number of aromatic nitrogens is 1. The number of hydrogen-bond acceptors (Lipinski definition) is 8. The van der Waals surface area contributed by atoms with Gasteiger partial charge in [-0.1, -0.05) is 41.6 Å². The van der Waals surface area contributed by atoms with E-state index in [1.807, 2.05) is 31.2 Å². The van der Waals surface area contributed by atoms with Crippen molar-refractivity contribution in [3.8, 4) is 17.2 Å². The third kappa shape index (κ3) is 4.99. The second kappa shape index (κ2) is 9.05. The van der Waals surface area contributed by atoms with Crippen molar-refractivity contribution in [2.45, 2.75) is 25.3 Å². The Kier molecular flexibility index (Phi) is 6.79. The molecule has 0 amide bonds. The van der Waals surface area contributed by atoms with E-state index in [4.69, 9.17) is 16.2 Å². The van der Waals surface area contributed by atoms with Gasteiger partial charge in [0.2, 0.25) is 0 Å². The molecule has 0 aliphatic carbocycles. The van der Waals surface area contributed by atoms with Crippen molar-refractivity contribution in [1.82, 2.24) is 4.98 Å². The van der Waals surface area contributed by atoms with Crippen LogP contribution in [0.2, 0.25) is 0 Å². The molecule has 0 aliphatic rings. The van der Waals surface area contributed by atoms with Gasteiger partial charge in [-0.2, -0.15) is 5.26 Å². The molecule has 1 aromatic heterocycles. The summed E-state index contributed by atoms with van der Waals surface area (Å²) < 4.78 is 4.76. The maximum Gasteiger partial charge on any atom is 0.313 e. The van der Waals surface area contributed by atoms with Crippen molar-refractivity contribution in [1.29, 1.82) is 5.26 Å². The zero-order chi connectivity index (χ0) is 20.0. The number of ether oxygens (including phenoxy) is 1. The van der Waals surface area contributed by atoms with E-state index in [1.165, 1.54) is 0 Å². The maximum atomic E-state index is 12.0. The molecular formula is C19H20N4O3S. The van der Waals surface area contributed by atoms with Crippen molar-refractivity contribution in [3.63, 3.8) is 0 Å². The van der Waals surface area contributed by atoms with Crippen LogP contribution in [-0.2, 0) is 14.3 Å². The summed E-state index contributed by atoms with van der Waals surface area (Å²) in [5.41, 5.74) is 14.8. The van der Waals surface area contributed by atoms with E-state index in [0.717, 1.165) is 22.9 Å². The number of Topliss-reactive ketones (excluding diaryl/α,β-unsaturated/α-hetero) is 1. The molecule has 0 atom stereocenters. The molecule has 0 saturated carbocycles. The molecule has 7 nitrogen and oxygen atoms in total. The Morgan fingerprint density at radius 1 is 1.26 bits per heavy atom. The Balaban J connectivity index is 2.32. The molecule has 1 aromatic carbocycles. The number of nitriles is 1. The zero-order valence-electron chi connectivity index (χ0n) is 15.1. The van der Waals surface area contributed by atoms with E-state index in [9.17, 15) is 14.9 Å². The van der Waals surface area contributed by atoms with Gasteiger partial charge in [0.25, 0.3) is 0 Å². The molecule has 2 rings (SSSR count). The van der Waals surface area contributed by atoms with Crippen LogP contribution < -0.4 is 11.5 Å². The Morgan fingerprint density at radius 2 is 1.93 bits per heavy atom. The number of carbonyl (C=O) groups excluding carboxylic acids is 2. The van der Waals surface area contributed by atoms with Crippen molar-refractivity contribution < 1.29 is 14.3 Å². The number of hydrogen-bond donors (Lipinski definition) is 2. The predicted octanol–water partition coefficient (Wildman–Crippen LogP) is 2.71. The number of benzene rings is 1. The minimum Gasteiger partial charge on any atom is -0.466 e. The molecule has 1 heterocycles. The average molecular weight is 384 g/mol. The number of pyridine rings is 1. The monoisotopic (exact) mass is 384 g/mol. The molecule has 27 heavy (non-hydrogen) atoms. The van der Waals surface area contributed by atoms with Gasteiger partial charge in [-0.15, -0.1) is 0 Å². The number of aryl methyl sites for hydroxylation is 1. The van der Waals surface area contributed by atoms with Crippen molar-refractivity contribution in [2.24, 2.45) is 0 Å². The van der Waals surface area contributed by atoms with Crippen LogP contribution in [0.25, 0.3) is 11.1 Å². The SMILES string of the molecule is CCOC(=O)CC(=O)CSc1nc(N)c(N)c(-c2ccc(C)cc2)c1C#N. The zero-order valence-corrected chi connectivity index (χ0v) is 15.9. The first-order valence-electron chi connectivity index (χ1n) is 8.23. The van der Waals surface area contributed by atoms with Gasteiger partial charge in [0.15, 0.2) is 5.78 Å². The Labute approximate surface area is 161 Å². The Bertz CT molecular complexity index is 905. The van der Waals surface area contributed by atoms with Crippen LogP contribution in [0.5, 0.6) is 0 Å². The summed E-state index contributed by atoms with van der Waals surface area (Å²) in [7, 11) is 0. The third-order valence-corrected chi connectivity index (χ3v) is 4.74. The van der Waals surface area contributed by atoms with Gasteiger partial charge < -0.3 is 16.2 Å². The summed E-state index contributed by atoms with van der Waals surface area (Å²) >= 11 is 1.05. The molecule has 140 valence electrons. The highest BCUT2D eigenvalue weighted by Gasteiger charge is 2.20. The Morgan fingerprint density at radius 3 is 2.52 bits per heavy atom. The summed E-state index contributed by atoms with van der Waals surface area (Å²) in [6, 6.07) is 9.62. The summed E-state index contributed by atoms with van der Waals surface area (Å²) in [6.07, 6.45) is -0.321. The van der Waals surface area contributed by atoms with Crippen molar-refractivity contribution >= 4 is 35.0 Å². The highest BCUT2D eigenvalue weighted by atomic mass is 32.2. The fraction of sp³-hybridized carbons (Fsp3) is 0.263. The van der Waals surface area contributed by atoms with Gasteiger partial charge in [0, 0.05) is 5.56 Å². The quantitative estimate of drug-likeness (QED) is 0.423. The van der Waals surface area contributed by atoms with Crippen molar-refractivity contribution in [3.05, 3.63) is 35.4 Å². The van der Waals surface area contributed by atoms with Crippen LogP contribution in [0.1, 0.15) is 24.5 Å². The van der Waals surface area contributed by atoms with Crippen LogP contribution in [0.3, 0.4) is 0 Å². The summed E-state index contributed by atoms with van der Waals surface area (Å²) in [5.74, 6) is -0.841. The molecular weight excluding hydrogens is 364 g/mol. The van der Waals surface area contributed by atoms with Gasteiger partial charge in [0.1, 0.15) is 23.3 Å². The van der Waals surface area contributed by atoms with Gasteiger partial charge in [-0.25, -0.2) is 4.98 Å². The van der Waals surface area contributed by atoms with Crippen LogP contribution in [-0.4, -0.2) is 29.1 Å². The number of nitrogens with zero attached hydrogens (tertiary/aromatic N) is 2. The van der Waals surface area contributed by atoms with Crippen molar-refractivity contribution in [2.75, 3.05) is 23.8 Å². The average Bonchev–Trinajstić information content (AvgIpc) is 2.63. The largest absolute Gasteiger partial charge is 0.466 e. The first-order chi connectivity index (χ1) is 12.9. The van der Waals surface area contributed by atoms with E-state index in [1.54, 1.807) is 6.92 Å². The van der Waals surface area contributed by atoms with E-state index in [0.29, 0.717) is 10.6 Å². The number of nitrogen functional groups attached to an aromatic ring is 2. The number of carbonyl (C=O) groups is 2. The number of ketones is 1. The van der Waals surface area contributed by atoms with E-state index >= 15 is 0 Å². The molecule has 0 fully saturated rings. The Hall–Kier alpha value is -3.05. The third-order valence-electron chi connectivity index (χ3n) is 3.70. The summed E-state index contributed by atoms with van der Waals surface area (Å²) in [6.45, 7) is 3.84. The summed E-state index contributed by atoms with van der Waals surface area (Å²) in [5, 5.41) is 9.96. The van der Waals surface area contributed by atoms with Crippen LogP contribution >= 0.6 is 11.8 Å². The molecule has 0 bridgehead atoms. The lowest BCUT2D eigenvalue weighted by molar-refractivity contribution is -0.145. The highest BCUT2D eigenvalue weighted by Crippen LogP contribution is 2.37. The molecule has 4 N–H and O–H groups in total. The lowest BCUT2D eigenvalue weighted by atomic mass is 9.99. The lowest BCUT2D eigenvalue weighted by Crippen LogP contribution is -2.13. The number of thioether (sulfide) groups is 1. The smallest absolute Gasteiger partial charge is 0.313 e. The number of esters is 1. The van der Waals surface area contributed by atoms with Crippen LogP contribution in [0.15, 0.2) is 29.3 Å². The van der Waals surface area contributed by atoms with Crippen LogP contribution in [0, 0.1) is 18.3 Å². The topological polar surface area (TPSA) is 132 Å². The van der Waals surface area contributed by atoms with Gasteiger partial charge in [0.05, 0.1) is 23.6 Å². The minimum absolute atomic E-state index is 0.0306. The predicted molar refractivity (Wildman–Crippen MR) is 105 cm³/mol. The minimum atomic E-state index is -0.575. The normalized spacial score (nSPS) is 10.3. The highest BCUT2D eigenvalue weighted by molar-refractivity contribution is 8.00. The fourth-order valence-corrected chi connectivity index (χ4v) is 3.25. The molecule has 0 saturated heterocycles. The van der Waals surface area contributed by atoms with E-state index in [-0.39, 0.29) is 41.6 Å². The molecule has 0 radical (unpaired) electrons. The molecule has 8 heteroatoms. The molecule has 0 spiro atoms. The first kappa shape index (κ1) is 20.3. The van der Waals surface area contributed by atoms with Crippen LogP contribution in [0.4, 0.5) is 11.5 Å².